The largest absolute Gasteiger partial charge is 0.339 e. The first kappa shape index (κ1) is 16.4. The Morgan fingerprint density at radius 2 is 1.65 bits per heavy atom. The van der Waals surface area contributed by atoms with Crippen molar-refractivity contribution in [3.05, 3.63) is 76.2 Å². The SMILES string of the molecule is O=C(c1cn(-c2ccc(F)cc2F)c(=O)c2ccccc12)N1CCCC1. The number of rotatable bonds is 2. The van der Waals surface area contributed by atoms with Gasteiger partial charge in [-0.25, -0.2) is 8.78 Å². The van der Waals surface area contributed by atoms with Crippen molar-refractivity contribution in [3.63, 3.8) is 0 Å². The van der Waals surface area contributed by atoms with E-state index in [-0.39, 0.29) is 11.6 Å². The van der Waals surface area contributed by atoms with Crippen LogP contribution in [0.15, 0.2) is 53.5 Å². The molecule has 0 saturated carbocycles. The third kappa shape index (κ3) is 2.67. The zero-order valence-electron chi connectivity index (χ0n) is 13.9. The van der Waals surface area contributed by atoms with E-state index in [1.54, 1.807) is 29.2 Å². The first-order valence-electron chi connectivity index (χ1n) is 8.45. The first-order valence-corrected chi connectivity index (χ1v) is 8.45. The van der Waals surface area contributed by atoms with E-state index in [0.29, 0.717) is 29.4 Å². The molecule has 0 N–H and O–H groups in total. The van der Waals surface area contributed by atoms with Crippen molar-refractivity contribution < 1.29 is 13.6 Å². The molecule has 0 radical (unpaired) electrons. The maximum Gasteiger partial charge on any atom is 0.263 e. The minimum atomic E-state index is -0.859. The highest BCUT2D eigenvalue weighted by Gasteiger charge is 2.23. The number of carbonyl (C=O) groups is 1. The van der Waals surface area contributed by atoms with Crippen LogP contribution in [0.3, 0.4) is 0 Å². The standard InChI is InChI=1S/C20H16F2N2O2/c21-13-7-8-18(17(22)11-13)24-12-16(19(25)23-9-3-4-10-23)14-5-1-2-6-15(14)20(24)26/h1-2,5-8,11-12H,3-4,9-10H2. The van der Waals surface area contributed by atoms with Gasteiger partial charge in [-0.2, -0.15) is 0 Å². The molecule has 0 bridgehead atoms. The molecule has 0 aliphatic carbocycles. The quantitative estimate of drug-likeness (QED) is 0.707. The smallest absolute Gasteiger partial charge is 0.263 e. The van der Waals surface area contributed by atoms with Crippen LogP contribution in [0.4, 0.5) is 8.78 Å². The molecule has 2 aromatic carbocycles. The molecule has 1 fully saturated rings. The molecule has 4 nitrogen and oxygen atoms in total. The van der Waals surface area contributed by atoms with Crippen LogP contribution >= 0.6 is 0 Å². The molecule has 0 atom stereocenters. The van der Waals surface area contributed by atoms with Gasteiger partial charge >= 0.3 is 0 Å². The van der Waals surface area contributed by atoms with Crippen molar-refractivity contribution in [3.8, 4) is 5.69 Å². The second-order valence-electron chi connectivity index (χ2n) is 6.36. The Bertz CT molecular complexity index is 1070. The summed E-state index contributed by atoms with van der Waals surface area (Å²) in [5.41, 5.74) is -0.201. The summed E-state index contributed by atoms with van der Waals surface area (Å²) in [5.74, 6) is -1.77. The average molecular weight is 354 g/mol. The maximum atomic E-state index is 14.3. The van der Waals surface area contributed by atoms with Gasteiger partial charge in [-0.05, 0) is 31.0 Å². The summed E-state index contributed by atoms with van der Waals surface area (Å²) in [4.78, 5) is 27.5. The van der Waals surface area contributed by atoms with Crippen molar-refractivity contribution in [2.45, 2.75) is 12.8 Å². The first-order chi connectivity index (χ1) is 12.6. The number of halogens is 2. The maximum absolute atomic E-state index is 14.3. The second-order valence-corrected chi connectivity index (χ2v) is 6.36. The van der Waals surface area contributed by atoms with Crippen LogP contribution in [-0.2, 0) is 0 Å². The van der Waals surface area contributed by atoms with Gasteiger partial charge in [0.1, 0.15) is 11.6 Å². The van der Waals surface area contributed by atoms with Gasteiger partial charge in [0, 0.05) is 36.1 Å². The highest BCUT2D eigenvalue weighted by atomic mass is 19.1. The molecule has 1 saturated heterocycles. The van der Waals surface area contributed by atoms with Gasteiger partial charge in [0.15, 0.2) is 0 Å². The number of benzene rings is 2. The van der Waals surface area contributed by atoms with E-state index < -0.39 is 17.2 Å². The van der Waals surface area contributed by atoms with Gasteiger partial charge in [0.05, 0.1) is 11.3 Å². The van der Waals surface area contributed by atoms with Crippen LogP contribution < -0.4 is 5.56 Å². The molecule has 0 unspecified atom stereocenters. The van der Waals surface area contributed by atoms with Gasteiger partial charge in [-0.3, -0.25) is 14.2 Å². The Morgan fingerprint density at radius 3 is 2.35 bits per heavy atom. The van der Waals surface area contributed by atoms with E-state index in [2.05, 4.69) is 0 Å². The third-order valence-corrected chi connectivity index (χ3v) is 4.72. The van der Waals surface area contributed by atoms with Crippen molar-refractivity contribution in [2.24, 2.45) is 0 Å². The number of carbonyl (C=O) groups excluding carboxylic acids is 1. The summed E-state index contributed by atoms with van der Waals surface area (Å²) in [7, 11) is 0. The van der Waals surface area contributed by atoms with E-state index >= 15 is 0 Å². The van der Waals surface area contributed by atoms with Crippen molar-refractivity contribution >= 4 is 16.7 Å². The van der Waals surface area contributed by atoms with E-state index in [1.165, 1.54) is 12.3 Å². The number of amides is 1. The summed E-state index contributed by atoms with van der Waals surface area (Å²) in [6.07, 6.45) is 3.24. The van der Waals surface area contributed by atoms with E-state index in [9.17, 15) is 18.4 Å². The van der Waals surface area contributed by atoms with Crippen LogP contribution in [-0.4, -0.2) is 28.5 Å². The number of aromatic nitrogens is 1. The lowest BCUT2D eigenvalue weighted by molar-refractivity contribution is 0.0794. The highest BCUT2D eigenvalue weighted by molar-refractivity contribution is 6.06. The topological polar surface area (TPSA) is 42.3 Å². The fourth-order valence-corrected chi connectivity index (χ4v) is 3.41. The molecule has 1 aromatic heterocycles. The summed E-state index contributed by atoms with van der Waals surface area (Å²) in [5, 5.41) is 0.856. The van der Waals surface area contributed by atoms with Crippen LogP contribution in [0, 0.1) is 11.6 Å². The number of hydrogen-bond donors (Lipinski definition) is 0. The van der Waals surface area contributed by atoms with E-state index in [4.69, 9.17) is 0 Å². The van der Waals surface area contributed by atoms with Gasteiger partial charge in [-0.1, -0.05) is 18.2 Å². The predicted molar refractivity (Wildman–Crippen MR) is 94.6 cm³/mol. The number of fused-ring (bicyclic) bond motifs is 1. The summed E-state index contributed by atoms with van der Waals surface area (Å²) in [6.45, 7) is 1.33. The summed E-state index contributed by atoms with van der Waals surface area (Å²) in [6, 6.07) is 9.78. The summed E-state index contributed by atoms with van der Waals surface area (Å²) < 4.78 is 28.6. The lowest BCUT2D eigenvalue weighted by Gasteiger charge is -2.18. The Hall–Kier alpha value is -3.02. The zero-order chi connectivity index (χ0) is 18.3. The highest BCUT2D eigenvalue weighted by Crippen LogP contribution is 2.22. The second kappa shape index (κ2) is 6.37. The molecule has 4 rings (SSSR count). The van der Waals surface area contributed by atoms with E-state index in [1.807, 2.05) is 0 Å². The minimum absolute atomic E-state index is 0.0855. The Labute approximate surface area is 148 Å². The zero-order valence-corrected chi connectivity index (χ0v) is 13.9. The number of pyridine rings is 1. The average Bonchev–Trinajstić information content (AvgIpc) is 3.17. The fraction of sp³-hybridized carbons (Fsp3) is 0.200. The van der Waals surface area contributed by atoms with Gasteiger partial charge in [-0.15, -0.1) is 0 Å². The Kier molecular flexibility index (Phi) is 4.03. The van der Waals surface area contributed by atoms with Crippen LogP contribution in [0.2, 0.25) is 0 Å². The third-order valence-electron chi connectivity index (χ3n) is 4.72. The number of likely N-dealkylation sites (tertiary alicyclic amines) is 1. The molecule has 1 aliphatic heterocycles. The van der Waals surface area contributed by atoms with Crippen LogP contribution in [0.5, 0.6) is 0 Å². The molecule has 0 spiro atoms. The monoisotopic (exact) mass is 354 g/mol. The molecule has 1 amide bonds. The molecule has 132 valence electrons. The van der Waals surface area contributed by atoms with Crippen LogP contribution in [0.25, 0.3) is 16.5 Å². The molecule has 6 heteroatoms. The number of nitrogens with zero attached hydrogens (tertiary/aromatic N) is 2. The fourth-order valence-electron chi connectivity index (χ4n) is 3.41. The van der Waals surface area contributed by atoms with Crippen LogP contribution in [0.1, 0.15) is 23.2 Å². The summed E-state index contributed by atoms with van der Waals surface area (Å²) >= 11 is 0. The Morgan fingerprint density at radius 1 is 0.962 bits per heavy atom. The molecular weight excluding hydrogens is 338 g/mol. The van der Waals surface area contributed by atoms with Crippen molar-refractivity contribution in [1.82, 2.24) is 9.47 Å². The number of hydrogen-bond acceptors (Lipinski definition) is 2. The van der Waals surface area contributed by atoms with Gasteiger partial charge in [0.25, 0.3) is 11.5 Å². The lowest BCUT2D eigenvalue weighted by Crippen LogP contribution is -2.30. The lowest BCUT2D eigenvalue weighted by atomic mass is 10.1. The van der Waals surface area contributed by atoms with Gasteiger partial charge < -0.3 is 4.90 Å². The predicted octanol–water partition coefficient (Wildman–Crippen LogP) is 3.50. The minimum Gasteiger partial charge on any atom is -0.339 e. The Balaban J connectivity index is 1.98. The normalized spacial score (nSPS) is 14.2. The van der Waals surface area contributed by atoms with Crippen molar-refractivity contribution in [1.29, 1.82) is 0 Å². The molecule has 2 heterocycles. The van der Waals surface area contributed by atoms with E-state index in [0.717, 1.165) is 29.5 Å². The van der Waals surface area contributed by atoms with Gasteiger partial charge in [0.2, 0.25) is 0 Å². The molecule has 3 aromatic rings. The molecular formula is C20H16F2N2O2. The molecule has 1 aliphatic rings. The van der Waals surface area contributed by atoms with Crippen molar-refractivity contribution in [2.75, 3.05) is 13.1 Å². The molecule has 26 heavy (non-hydrogen) atoms.